The number of thiophene rings is 1. The summed E-state index contributed by atoms with van der Waals surface area (Å²) in [6.45, 7) is 4.66. The molecule has 4 nitrogen and oxygen atoms in total. The van der Waals surface area contributed by atoms with Crippen LogP contribution in [0.4, 0.5) is 5.69 Å². The van der Waals surface area contributed by atoms with Gasteiger partial charge in [-0.2, -0.15) is 0 Å². The maximum absolute atomic E-state index is 12.4. The van der Waals surface area contributed by atoms with E-state index in [0.29, 0.717) is 23.3 Å². The van der Waals surface area contributed by atoms with Crippen molar-refractivity contribution in [3.05, 3.63) is 81.3 Å². The average Bonchev–Trinajstić information content (AvgIpc) is 3.19. The molecule has 0 saturated carbocycles. The molecule has 1 atom stereocenters. The van der Waals surface area contributed by atoms with Crippen LogP contribution in [0.5, 0.6) is 0 Å². The number of carbonyl (C=O) groups is 1. The molecule has 0 saturated heterocycles. The summed E-state index contributed by atoms with van der Waals surface area (Å²) in [6.07, 6.45) is 1.59. The number of carbonyl (C=O) groups excluding carboxylic acids is 1. The summed E-state index contributed by atoms with van der Waals surface area (Å²) in [4.78, 5) is 17.6. The molecular formula is C21H23ClN3OS+. The second-order valence-corrected chi connectivity index (χ2v) is 7.98. The highest BCUT2D eigenvalue weighted by molar-refractivity contribution is 7.10. The predicted molar refractivity (Wildman–Crippen MR) is 111 cm³/mol. The lowest BCUT2D eigenvalue weighted by Gasteiger charge is -2.16. The minimum Gasteiger partial charge on any atom is -0.328 e. The topological polar surface area (TPSA) is 58.6 Å². The number of benzene rings is 1. The van der Waals surface area contributed by atoms with Gasteiger partial charge in [0.2, 0.25) is 0 Å². The van der Waals surface area contributed by atoms with Gasteiger partial charge < -0.3 is 10.6 Å². The molecule has 0 radical (unpaired) electrons. The molecule has 0 aliphatic carbocycles. The molecule has 0 bridgehead atoms. The lowest BCUT2D eigenvalue weighted by molar-refractivity contribution is -0.675. The monoisotopic (exact) mass is 400 g/mol. The summed E-state index contributed by atoms with van der Waals surface area (Å²) in [5.41, 5.74) is 3.04. The van der Waals surface area contributed by atoms with Crippen LogP contribution < -0.4 is 10.6 Å². The number of nitrogens with zero attached hydrogens (tertiary/aromatic N) is 1. The molecule has 3 N–H and O–H groups in total. The maximum atomic E-state index is 12.4. The SMILES string of the molecule is CC(C)c1ccc([C@@H]([NH2+]CC(=O)Nc2cccnc2Cl)c2cccs2)cc1. The second kappa shape index (κ2) is 9.13. The first-order valence-electron chi connectivity index (χ1n) is 8.91. The average molecular weight is 401 g/mol. The van der Waals surface area contributed by atoms with Crippen molar-refractivity contribution < 1.29 is 10.1 Å². The van der Waals surface area contributed by atoms with Gasteiger partial charge in [0.1, 0.15) is 6.04 Å². The first-order chi connectivity index (χ1) is 13.0. The fraction of sp³-hybridized carbons (Fsp3) is 0.238. The fourth-order valence-electron chi connectivity index (χ4n) is 2.88. The van der Waals surface area contributed by atoms with E-state index in [2.05, 4.69) is 65.2 Å². The van der Waals surface area contributed by atoms with E-state index in [9.17, 15) is 4.79 Å². The van der Waals surface area contributed by atoms with Gasteiger partial charge >= 0.3 is 0 Å². The number of amides is 1. The van der Waals surface area contributed by atoms with Crippen LogP contribution in [0.25, 0.3) is 0 Å². The van der Waals surface area contributed by atoms with Crippen molar-refractivity contribution in [2.45, 2.75) is 25.8 Å². The van der Waals surface area contributed by atoms with Gasteiger partial charge in [-0.05, 0) is 35.1 Å². The van der Waals surface area contributed by atoms with Crippen LogP contribution in [-0.4, -0.2) is 17.4 Å². The largest absolute Gasteiger partial charge is 0.328 e. The number of halogens is 1. The smallest absolute Gasteiger partial charge is 0.279 e. The Hall–Kier alpha value is -2.21. The van der Waals surface area contributed by atoms with Crippen molar-refractivity contribution >= 4 is 34.5 Å². The minimum absolute atomic E-state index is 0.0846. The zero-order valence-electron chi connectivity index (χ0n) is 15.4. The lowest BCUT2D eigenvalue weighted by Crippen LogP contribution is -2.87. The van der Waals surface area contributed by atoms with Gasteiger partial charge in [0.05, 0.1) is 10.6 Å². The highest BCUT2D eigenvalue weighted by Crippen LogP contribution is 2.24. The third-order valence-electron chi connectivity index (χ3n) is 4.38. The Labute approximate surface area is 168 Å². The molecular weight excluding hydrogens is 378 g/mol. The maximum Gasteiger partial charge on any atom is 0.279 e. The molecule has 0 spiro atoms. The molecule has 0 fully saturated rings. The van der Waals surface area contributed by atoms with E-state index in [1.165, 1.54) is 16.0 Å². The van der Waals surface area contributed by atoms with Gasteiger partial charge in [0, 0.05) is 11.8 Å². The number of pyridine rings is 1. The first kappa shape index (κ1) is 19.5. The van der Waals surface area contributed by atoms with E-state index in [0.717, 1.165) is 0 Å². The molecule has 0 aliphatic heterocycles. The summed E-state index contributed by atoms with van der Waals surface area (Å²) in [5.74, 6) is 0.392. The summed E-state index contributed by atoms with van der Waals surface area (Å²) in [5, 5.41) is 7.24. The number of nitrogens with two attached hydrogens (primary N) is 1. The van der Waals surface area contributed by atoms with Crippen LogP contribution in [0.1, 0.15) is 41.8 Å². The van der Waals surface area contributed by atoms with Gasteiger partial charge in [-0.15, -0.1) is 11.3 Å². The lowest BCUT2D eigenvalue weighted by atomic mass is 9.98. The van der Waals surface area contributed by atoms with Gasteiger partial charge in [-0.3, -0.25) is 4.79 Å². The Balaban J connectivity index is 1.71. The third-order valence-corrected chi connectivity index (χ3v) is 5.64. The number of aromatic nitrogens is 1. The van der Waals surface area contributed by atoms with E-state index < -0.39 is 0 Å². The predicted octanol–water partition coefficient (Wildman–Crippen LogP) is 4.21. The third kappa shape index (κ3) is 5.16. The highest BCUT2D eigenvalue weighted by atomic mass is 35.5. The molecule has 1 aromatic carbocycles. The molecule has 3 aromatic rings. The van der Waals surface area contributed by atoms with Crippen LogP contribution in [0.15, 0.2) is 60.1 Å². The van der Waals surface area contributed by atoms with Gasteiger partial charge in [0.25, 0.3) is 5.91 Å². The van der Waals surface area contributed by atoms with E-state index in [4.69, 9.17) is 11.6 Å². The fourth-order valence-corrected chi connectivity index (χ4v) is 3.90. The van der Waals surface area contributed by atoms with E-state index in [1.807, 2.05) is 6.07 Å². The van der Waals surface area contributed by atoms with Gasteiger partial charge in [-0.1, -0.05) is 55.8 Å². The number of quaternary nitrogens is 1. The zero-order chi connectivity index (χ0) is 19.2. The Morgan fingerprint density at radius 1 is 1.15 bits per heavy atom. The summed E-state index contributed by atoms with van der Waals surface area (Å²) in [7, 11) is 0. The summed E-state index contributed by atoms with van der Waals surface area (Å²) < 4.78 is 0. The number of hydrogen-bond acceptors (Lipinski definition) is 3. The molecule has 6 heteroatoms. The molecule has 0 unspecified atom stereocenters. The zero-order valence-corrected chi connectivity index (χ0v) is 16.9. The Kier molecular flexibility index (Phi) is 6.61. The number of nitrogens with one attached hydrogen (secondary N) is 1. The summed E-state index contributed by atoms with van der Waals surface area (Å²) >= 11 is 7.71. The second-order valence-electron chi connectivity index (χ2n) is 6.64. The normalized spacial score (nSPS) is 12.1. The number of anilines is 1. The molecule has 27 heavy (non-hydrogen) atoms. The van der Waals surface area contributed by atoms with Crippen molar-refractivity contribution in [2.24, 2.45) is 0 Å². The molecule has 1 amide bonds. The molecule has 140 valence electrons. The van der Waals surface area contributed by atoms with Gasteiger partial charge in [0.15, 0.2) is 11.7 Å². The van der Waals surface area contributed by atoms with Crippen LogP contribution in [-0.2, 0) is 4.79 Å². The summed E-state index contributed by atoms with van der Waals surface area (Å²) in [6, 6.07) is 16.4. The van der Waals surface area contributed by atoms with Crippen LogP contribution in [0.2, 0.25) is 5.15 Å². The van der Waals surface area contributed by atoms with Gasteiger partial charge in [-0.25, -0.2) is 4.98 Å². The number of hydrogen-bond donors (Lipinski definition) is 2. The molecule has 0 aliphatic rings. The van der Waals surface area contributed by atoms with Crippen LogP contribution in [0, 0.1) is 0 Å². The van der Waals surface area contributed by atoms with Crippen molar-refractivity contribution in [1.29, 1.82) is 0 Å². The van der Waals surface area contributed by atoms with Crippen LogP contribution in [0.3, 0.4) is 0 Å². The molecule has 3 rings (SSSR count). The van der Waals surface area contributed by atoms with E-state index in [-0.39, 0.29) is 11.9 Å². The number of rotatable bonds is 7. The molecule has 2 heterocycles. The van der Waals surface area contributed by atoms with Crippen molar-refractivity contribution in [2.75, 3.05) is 11.9 Å². The van der Waals surface area contributed by atoms with E-state index >= 15 is 0 Å². The first-order valence-corrected chi connectivity index (χ1v) is 10.2. The molecule has 2 aromatic heterocycles. The van der Waals surface area contributed by atoms with Crippen LogP contribution >= 0.6 is 22.9 Å². The quantitative estimate of drug-likeness (QED) is 0.583. The van der Waals surface area contributed by atoms with Crippen molar-refractivity contribution in [1.82, 2.24) is 4.98 Å². The van der Waals surface area contributed by atoms with Crippen molar-refractivity contribution in [3.63, 3.8) is 0 Å². The van der Waals surface area contributed by atoms with E-state index in [1.54, 1.807) is 29.7 Å². The van der Waals surface area contributed by atoms with Crippen molar-refractivity contribution in [3.8, 4) is 0 Å². The Morgan fingerprint density at radius 2 is 1.89 bits per heavy atom. The minimum atomic E-state index is -0.106. The highest BCUT2D eigenvalue weighted by Gasteiger charge is 2.20. The Morgan fingerprint density at radius 3 is 2.52 bits per heavy atom. The standard InChI is InChI=1S/C21H22ClN3OS/c1-14(2)15-7-9-16(10-8-15)20(18-6-4-12-27-18)24-13-19(26)25-17-5-3-11-23-21(17)22/h3-12,14,20,24H,13H2,1-2H3,(H,25,26)/p+1/t20-/m1/s1. The Bertz CT molecular complexity index is 879.